The van der Waals surface area contributed by atoms with Crippen molar-refractivity contribution in [3.8, 4) is 17.0 Å². The van der Waals surface area contributed by atoms with Gasteiger partial charge in [0.25, 0.3) is 0 Å². The van der Waals surface area contributed by atoms with Gasteiger partial charge in [-0.15, -0.1) is 0 Å². The van der Waals surface area contributed by atoms with Crippen LogP contribution in [-0.2, 0) is 4.79 Å². The van der Waals surface area contributed by atoms with Crippen LogP contribution < -0.4 is 10.6 Å². The number of benzene rings is 2. The zero-order valence-electron chi connectivity index (χ0n) is 13.4. The van der Waals surface area contributed by atoms with Crippen LogP contribution in [0.5, 0.6) is 5.75 Å². The molecule has 1 amide bonds. The molecule has 0 aliphatic rings. The number of carbonyl (C=O) groups is 1. The molecule has 0 spiro atoms. The van der Waals surface area contributed by atoms with Crippen molar-refractivity contribution in [1.29, 1.82) is 0 Å². The molecule has 0 fully saturated rings. The molecule has 0 saturated carbocycles. The smallest absolute Gasteiger partial charge is 0.221 e. The number of hydrogen-bond acceptors (Lipinski definition) is 4. The van der Waals surface area contributed by atoms with E-state index in [4.69, 9.17) is 0 Å². The number of phenolic OH excluding ortho intramolecular Hbond substituents is 1. The lowest BCUT2D eigenvalue weighted by molar-refractivity contribution is -0.114. The Hall–Kier alpha value is -3.28. The van der Waals surface area contributed by atoms with Gasteiger partial charge in [-0.3, -0.25) is 9.89 Å². The summed E-state index contributed by atoms with van der Waals surface area (Å²) < 4.78 is 0. The third-order valence-corrected chi connectivity index (χ3v) is 3.56. The van der Waals surface area contributed by atoms with Gasteiger partial charge in [0, 0.05) is 29.9 Å². The average Bonchev–Trinajstić information content (AvgIpc) is 3.00. The van der Waals surface area contributed by atoms with Crippen molar-refractivity contribution >= 4 is 23.1 Å². The monoisotopic (exact) mass is 322 g/mol. The highest BCUT2D eigenvalue weighted by molar-refractivity contribution is 5.88. The highest BCUT2D eigenvalue weighted by atomic mass is 16.3. The van der Waals surface area contributed by atoms with Crippen LogP contribution in [0.25, 0.3) is 11.3 Å². The molecule has 2 aromatic carbocycles. The summed E-state index contributed by atoms with van der Waals surface area (Å²) in [5, 5.41) is 22.7. The summed E-state index contributed by atoms with van der Waals surface area (Å²) in [5.74, 6) is 0.857. The summed E-state index contributed by atoms with van der Waals surface area (Å²) in [4.78, 5) is 11.0. The number of aryl methyl sites for hydroxylation is 1. The summed E-state index contributed by atoms with van der Waals surface area (Å²) >= 11 is 0. The maximum atomic E-state index is 11.0. The molecule has 0 atom stereocenters. The number of rotatable bonds is 4. The highest BCUT2D eigenvalue weighted by Gasteiger charge is 2.06. The summed E-state index contributed by atoms with van der Waals surface area (Å²) in [6.45, 7) is 3.33. The van der Waals surface area contributed by atoms with Crippen molar-refractivity contribution in [3.63, 3.8) is 0 Å². The fraction of sp³-hybridized carbons (Fsp3) is 0.111. The first kappa shape index (κ1) is 15.6. The first-order valence-electron chi connectivity index (χ1n) is 7.51. The minimum atomic E-state index is -0.100. The topological polar surface area (TPSA) is 90.0 Å². The Labute approximate surface area is 139 Å². The zero-order chi connectivity index (χ0) is 17.1. The predicted molar refractivity (Wildman–Crippen MR) is 94.5 cm³/mol. The molecular formula is C18H18N4O2. The molecule has 0 aliphatic heterocycles. The van der Waals surface area contributed by atoms with Crippen LogP contribution >= 0.6 is 0 Å². The highest BCUT2D eigenvalue weighted by Crippen LogP contribution is 2.26. The van der Waals surface area contributed by atoms with Crippen LogP contribution in [0.15, 0.2) is 48.5 Å². The minimum Gasteiger partial charge on any atom is -0.508 e. The van der Waals surface area contributed by atoms with Crippen LogP contribution in [0.3, 0.4) is 0 Å². The Morgan fingerprint density at radius 2 is 1.79 bits per heavy atom. The van der Waals surface area contributed by atoms with E-state index < -0.39 is 0 Å². The van der Waals surface area contributed by atoms with Crippen LogP contribution in [0, 0.1) is 6.92 Å². The van der Waals surface area contributed by atoms with Crippen molar-refractivity contribution in [1.82, 2.24) is 10.2 Å². The summed E-state index contributed by atoms with van der Waals surface area (Å²) in [7, 11) is 0. The Morgan fingerprint density at radius 3 is 2.46 bits per heavy atom. The molecule has 122 valence electrons. The first-order valence-corrected chi connectivity index (χ1v) is 7.51. The molecule has 0 radical (unpaired) electrons. The maximum absolute atomic E-state index is 11.0. The number of hydrogen-bond donors (Lipinski definition) is 4. The van der Waals surface area contributed by atoms with E-state index >= 15 is 0 Å². The fourth-order valence-corrected chi connectivity index (χ4v) is 2.34. The lowest BCUT2D eigenvalue weighted by Gasteiger charge is -2.05. The summed E-state index contributed by atoms with van der Waals surface area (Å²) in [5.41, 5.74) is 4.23. The third kappa shape index (κ3) is 3.55. The number of aromatic hydroxyl groups is 1. The molecule has 4 N–H and O–H groups in total. The zero-order valence-corrected chi connectivity index (χ0v) is 13.4. The Kier molecular flexibility index (Phi) is 4.20. The molecule has 6 heteroatoms. The molecule has 1 aromatic heterocycles. The largest absolute Gasteiger partial charge is 0.508 e. The van der Waals surface area contributed by atoms with Crippen molar-refractivity contribution in [2.45, 2.75) is 13.8 Å². The van der Waals surface area contributed by atoms with E-state index in [0.717, 1.165) is 28.2 Å². The molecule has 0 bridgehead atoms. The Balaban J connectivity index is 1.73. The van der Waals surface area contributed by atoms with Gasteiger partial charge in [-0.1, -0.05) is 0 Å². The van der Waals surface area contributed by atoms with Gasteiger partial charge in [-0.2, -0.15) is 5.10 Å². The molecule has 1 heterocycles. The van der Waals surface area contributed by atoms with Crippen molar-refractivity contribution < 1.29 is 9.90 Å². The standard InChI is InChI=1S/C18H18N4O2/c1-11-9-13(3-8-17(11)24)16-10-18(22-21-16)20-15-6-4-14(5-7-15)19-12(2)23/h3-10,24H,1-2H3,(H,19,23)(H2,20,21,22). The molecule has 6 nitrogen and oxygen atoms in total. The number of H-pyrrole nitrogens is 1. The van der Waals surface area contributed by atoms with Crippen molar-refractivity contribution in [2.24, 2.45) is 0 Å². The van der Waals surface area contributed by atoms with Gasteiger partial charge in [0.05, 0.1) is 5.69 Å². The Bertz CT molecular complexity index is 869. The van der Waals surface area contributed by atoms with Gasteiger partial charge < -0.3 is 15.7 Å². The van der Waals surface area contributed by atoms with E-state index in [1.807, 2.05) is 49.4 Å². The third-order valence-electron chi connectivity index (χ3n) is 3.56. The van der Waals surface area contributed by atoms with Gasteiger partial charge in [0.2, 0.25) is 5.91 Å². The van der Waals surface area contributed by atoms with Crippen LogP contribution in [0.1, 0.15) is 12.5 Å². The SMILES string of the molecule is CC(=O)Nc1ccc(Nc2cc(-c3ccc(O)c(C)c3)[nH]n2)cc1. The number of phenols is 1. The number of aromatic amines is 1. The number of nitrogens with zero attached hydrogens (tertiary/aromatic N) is 1. The molecule has 0 unspecified atom stereocenters. The van der Waals surface area contributed by atoms with Crippen molar-refractivity contribution in [3.05, 3.63) is 54.1 Å². The lowest BCUT2D eigenvalue weighted by Crippen LogP contribution is -2.05. The van der Waals surface area contributed by atoms with E-state index in [-0.39, 0.29) is 11.7 Å². The summed E-state index contributed by atoms with van der Waals surface area (Å²) in [6, 6.07) is 14.7. The van der Waals surface area contributed by atoms with E-state index in [0.29, 0.717) is 5.82 Å². The average molecular weight is 322 g/mol. The molecule has 3 aromatic rings. The van der Waals surface area contributed by atoms with Crippen molar-refractivity contribution in [2.75, 3.05) is 10.6 Å². The van der Waals surface area contributed by atoms with E-state index in [1.165, 1.54) is 6.92 Å². The second kappa shape index (κ2) is 6.45. The maximum Gasteiger partial charge on any atom is 0.221 e. The minimum absolute atomic E-state index is 0.100. The quantitative estimate of drug-likeness (QED) is 0.588. The first-order chi connectivity index (χ1) is 11.5. The second-order valence-corrected chi connectivity index (χ2v) is 5.55. The van der Waals surface area contributed by atoms with Gasteiger partial charge in [0.15, 0.2) is 5.82 Å². The molecule has 0 aliphatic carbocycles. The molecular weight excluding hydrogens is 304 g/mol. The number of nitrogens with one attached hydrogen (secondary N) is 3. The van der Waals surface area contributed by atoms with E-state index in [9.17, 15) is 9.90 Å². The van der Waals surface area contributed by atoms with Crippen LogP contribution in [-0.4, -0.2) is 21.2 Å². The van der Waals surface area contributed by atoms with E-state index in [2.05, 4.69) is 20.8 Å². The second-order valence-electron chi connectivity index (χ2n) is 5.55. The summed E-state index contributed by atoms with van der Waals surface area (Å²) in [6.07, 6.45) is 0. The fourth-order valence-electron chi connectivity index (χ4n) is 2.34. The lowest BCUT2D eigenvalue weighted by atomic mass is 10.1. The van der Waals surface area contributed by atoms with E-state index in [1.54, 1.807) is 6.07 Å². The number of amides is 1. The van der Waals surface area contributed by atoms with Crippen LogP contribution in [0.4, 0.5) is 17.2 Å². The number of anilines is 3. The number of aromatic nitrogens is 2. The van der Waals surface area contributed by atoms with Gasteiger partial charge in [-0.25, -0.2) is 0 Å². The molecule has 0 saturated heterocycles. The van der Waals surface area contributed by atoms with Gasteiger partial charge in [-0.05, 0) is 55.0 Å². The normalized spacial score (nSPS) is 10.4. The predicted octanol–water partition coefficient (Wildman–Crippen LogP) is 3.79. The molecule has 3 rings (SSSR count). The number of carbonyl (C=O) groups excluding carboxylic acids is 1. The van der Waals surface area contributed by atoms with Crippen LogP contribution in [0.2, 0.25) is 0 Å². The Morgan fingerprint density at radius 1 is 1.08 bits per heavy atom. The van der Waals surface area contributed by atoms with Gasteiger partial charge >= 0.3 is 0 Å². The van der Waals surface area contributed by atoms with Gasteiger partial charge in [0.1, 0.15) is 5.75 Å². The molecule has 24 heavy (non-hydrogen) atoms.